The van der Waals surface area contributed by atoms with Gasteiger partial charge in [0.25, 0.3) is 0 Å². The zero-order valence-corrected chi connectivity index (χ0v) is 11.4. The van der Waals surface area contributed by atoms with Crippen molar-refractivity contribution < 1.29 is 4.74 Å². The maximum absolute atomic E-state index is 5.23. The van der Waals surface area contributed by atoms with Crippen molar-refractivity contribution in [2.24, 2.45) is 0 Å². The minimum absolute atomic E-state index is 0.554. The molecule has 0 aliphatic carbocycles. The van der Waals surface area contributed by atoms with E-state index in [4.69, 9.17) is 4.74 Å². The molecule has 0 amide bonds. The third-order valence-electron chi connectivity index (χ3n) is 3.56. The summed E-state index contributed by atoms with van der Waals surface area (Å²) < 4.78 is 5.23. The number of aromatic amines is 1. The zero-order valence-electron chi connectivity index (χ0n) is 11.4. The van der Waals surface area contributed by atoms with Gasteiger partial charge < -0.3 is 15.0 Å². The lowest BCUT2D eigenvalue weighted by atomic mass is 10.2. The van der Waals surface area contributed by atoms with Crippen LogP contribution in [0.15, 0.2) is 18.2 Å². The van der Waals surface area contributed by atoms with E-state index in [1.54, 1.807) is 7.11 Å². The van der Waals surface area contributed by atoms with Crippen LogP contribution in [0.5, 0.6) is 5.75 Å². The molecular formula is C14H20N4O. The van der Waals surface area contributed by atoms with Crippen molar-refractivity contribution in [2.75, 3.05) is 26.7 Å². The zero-order chi connectivity index (χ0) is 13.2. The van der Waals surface area contributed by atoms with Crippen LogP contribution in [0.3, 0.4) is 0 Å². The first kappa shape index (κ1) is 12.4. The molecule has 1 fully saturated rings. The highest BCUT2D eigenvalue weighted by molar-refractivity contribution is 5.76. The quantitative estimate of drug-likeness (QED) is 0.875. The number of nitrogens with zero attached hydrogens (tertiary/aromatic N) is 2. The standard InChI is InChI=1S/C14H20N4O/c1-10-8-18(6-5-15-10)9-14-16-12-4-3-11(19-2)7-13(12)17-14/h3-4,7,10,15H,5-6,8-9H2,1-2H3,(H,16,17). The molecule has 102 valence electrons. The Bertz CT molecular complexity index is 566. The van der Waals surface area contributed by atoms with Crippen molar-refractivity contribution in [1.29, 1.82) is 0 Å². The van der Waals surface area contributed by atoms with Crippen molar-refractivity contribution in [2.45, 2.75) is 19.5 Å². The Morgan fingerprint density at radius 3 is 3.16 bits per heavy atom. The van der Waals surface area contributed by atoms with Crippen LogP contribution in [0.25, 0.3) is 11.0 Å². The first-order valence-corrected chi connectivity index (χ1v) is 6.73. The van der Waals surface area contributed by atoms with E-state index < -0.39 is 0 Å². The van der Waals surface area contributed by atoms with Crippen LogP contribution in [-0.4, -0.2) is 47.7 Å². The minimum atomic E-state index is 0.554. The van der Waals surface area contributed by atoms with Crippen LogP contribution < -0.4 is 10.1 Å². The third-order valence-corrected chi connectivity index (χ3v) is 3.56. The summed E-state index contributed by atoms with van der Waals surface area (Å²) in [5, 5.41) is 3.45. The minimum Gasteiger partial charge on any atom is -0.497 e. The van der Waals surface area contributed by atoms with Gasteiger partial charge in [0.05, 0.1) is 24.7 Å². The maximum atomic E-state index is 5.23. The molecule has 19 heavy (non-hydrogen) atoms. The predicted octanol–water partition coefficient (Wildman–Crippen LogP) is 1.37. The summed E-state index contributed by atoms with van der Waals surface area (Å²) in [5.41, 5.74) is 2.04. The van der Waals surface area contributed by atoms with Crippen molar-refractivity contribution in [3.8, 4) is 5.75 Å². The van der Waals surface area contributed by atoms with E-state index in [0.29, 0.717) is 6.04 Å². The SMILES string of the molecule is COc1ccc2nc(CN3CCNC(C)C3)[nH]c2c1. The van der Waals surface area contributed by atoms with Gasteiger partial charge >= 0.3 is 0 Å². The summed E-state index contributed by atoms with van der Waals surface area (Å²) in [4.78, 5) is 10.4. The maximum Gasteiger partial charge on any atom is 0.121 e. The van der Waals surface area contributed by atoms with Crippen LogP contribution in [0.4, 0.5) is 0 Å². The predicted molar refractivity (Wildman–Crippen MR) is 75.4 cm³/mol. The molecule has 2 heterocycles. The molecule has 1 aromatic carbocycles. The van der Waals surface area contributed by atoms with Crippen LogP contribution in [0.2, 0.25) is 0 Å². The van der Waals surface area contributed by atoms with E-state index >= 15 is 0 Å². The Labute approximate surface area is 113 Å². The third kappa shape index (κ3) is 2.72. The van der Waals surface area contributed by atoms with Gasteiger partial charge in [-0.2, -0.15) is 0 Å². The highest BCUT2D eigenvalue weighted by Crippen LogP contribution is 2.19. The van der Waals surface area contributed by atoms with E-state index in [-0.39, 0.29) is 0 Å². The van der Waals surface area contributed by atoms with Crippen molar-refractivity contribution in [3.05, 3.63) is 24.0 Å². The number of rotatable bonds is 3. The smallest absolute Gasteiger partial charge is 0.121 e. The topological polar surface area (TPSA) is 53.2 Å². The summed E-state index contributed by atoms with van der Waals surface area (Å²) >= 11 is 0. The second kappa shape index (κ2) is 5.19. The molecule has 2 aromatic rings. The lowest BCUT2D eigenvalue weighted by Crippen LogP contribution is -2.48. The fraction of sp³-hybridized carbons (Fsp3) is 0.500. The van der Waals surface area contributed by atoms with Gasteiger partial charge in [-0.15, -0.1) is 0 Å². The van der Waals surface area contributed by atoms with Gasteiger partial charge in [-0.05, 0) is 19.1 Å². The molecule has 0 saturated carbocycles. The number of H-pyrrole nitrogens is 1. The fourth-order valence-corrected chi connectivity index (χ4v) is 2.61. The average Bonchev–Trinajstić information content (AvgIpc) is 2.79. The van der Waals surface area contributed by atoms with Gasteiger partial charge in [-0.1, -0.05) is 0 Å². The van der Waals surface area contributed by atoms with Gasteiger partial charge in [0, 0.05) is 31.7 Å². The number of fused-ring (bicyclic) bond motifs is 1. The fourth-order valence-electron chi connectivity index (χ4n) is 2.61. The van der Waals surface area contributed by atoms with Crippen LogP contribution in [0, 0.1) is 0 Å². The Morgan fingerprint density at radius 1 is 1.47 bits per heavy atom. The molecule has 0 radical (unpaired) electrons. The molecule has 0 spiro atoms. The second-order valence-corrected chi connectivity index (χ2v) is 5.16. The van der Waals surface area contributed by atoms with E-state index in [9.17, 15) is 0 Å². The molecule has 5 nitrogen and oxygen atoms in total. The Morgan fingerprint density at radius 2 is 2.37 bits per heavy atom. The van der Waals surface area contributed by atoms with Gasteiger partial charge in [0.2, 0.25) is 0 Å². The number of hydrogen-bond donors (Lipinski definition) is 2. The highest BCUT2D eigenvalue weighted by atomic mass is 16.5. The van der Waals surface area contributed by atoms with Crippen molar-refractivity contribution in [1.82, 2.24) is 20.2 Å². The van der Waals surface area contributed by atoms with Crippen molar-refractivity contribution >= 4 is 11.0 Å². The second-order valence-electron chi connectivity index (χ2n) is 5.16. The van der Waals surface area contributed by atoms with Gasteiger partial charge in [0.1, 0.15) is 11.6 Å². The number of ether oxygens (including phenoxy) is 1. The number of aromatic nitrogens is 2. The monoisotopic (exact) mass is 260 g/mol. The van der Waals surface area contributed by atoms with Gasteiger partial charge in [-0.25, -0.2) is 4.98 Å². The van der Waals surface area contributed by atoms with Crippen LogP contribution >= 0.6 is 0 Å². The number of hydrogen-bond acceptors (Lipinski definition) is 4. The Kier molecular flexibility index (Phi) is 3.40. The lowest BCUT2D eigenvalue weighted by Gasteiger charge is -2.31. The molecule has 1 saturated heterocycles. The highest BCUT2D eigenvalue weighted by Gasteiger charge is 2.16. The molecule has 0 bridgehead atoms. The van der Waals surface area contributed by atoms with E-state index in [0.717, 1.165) is 48.8 Å². The van der Waals surface area contributed by atoms with E-state index in [2.05, 4.69) is 27.1 Å². The van der Waals surface area contributed by atoms with Gasteiger partial charge in [0.15, 0.2) is 0 Å². The molecule has 1 unspecified atom stereocenters. The number of methoxy groups -OCH3 is 1. The normalized spacial score (nSPS) is 20.8. The molecule has 1 atom stereocenters. The summed E-state index contributed by atoms with van der Waals surface area (Å²) in [5.74, 6) is 1.89. The summed E-state index contributed by atoms with van der Waals surface area (Å²) in [7, 11) is 1.68. The van der Waals surface area contributed by atoms with Crippen LogP contribution in [-0.2, 0) is 6.54 Å². The van der Waals surface area contributed by atoms with Crippen LogP contribution in [0.1, 0.15) is 12.7 Å². The summed E-state index contributed by atoms with van der Waals surface area (Å²) in [6.07, 6.45) is 0. The number of benzene rings is 1. The largest absolute Gasteiger partial charge is 0.497 e. The molecule has 3 rings (SSSR count). The number of imidazole rings is 1. The Hall–Kier alpha value is -1.59. The average molecular weight is 260 g/mol. The molecular weight excluding hydrogens is 240 g/mol. The first-order chi connectivity index (χ1) is 9.24. The first-order valence-electron chi connectivity index (χ1n) is 6.73. The Balaban J connectivity index is 1.77. The lowest BCUT2D eigenvalue weighted by molar-refractivity contribution is 0.196. The number of nitrogens with one attached hydrogen (secondary N) is 2. The summed E-state index contributed by atoms with van der Waals surface area (Å²) in [6, 6.07) is 6.49. The molecule has 2 N–H and O–H groups in total. The van der Waals surface area contributed by atoms with Crippen molar-refractivity contribution in [3.63, 3.8) is 0 Å². The molecule has 1 aliphatic rings. The number of piperazine rings is 1. The van der Waals surface area contributed by atoms with Gasteiger partial charge in [-0.3, -0.25) is 4.90 Å². The van der Waals surface area contributed by atoms with E-state index in [1.807, 2.05) is 18.2 Å². The molecule has 5 heteroatoms. The summed E-state index contributed by atoms with van der Waals surface area (Å²) in [6.45, 7) is 6.29. The molecule has 1 aliphatic heterocycles. The van der Waals surface area contributed by atoms with E-state index in [1.165, 1.54) is 0 Å². The molecule has 1 aromatic heterocycles.